The summed E-state index contributed by atoms with van der Waals surface area (Å²) in [4.78, 5) is 27.5. The highest BCUT2D eigenvalue weighted by Crippen LogP contribution is 2.31. The number of para-hydroxylation sites is 1. The van der Waals surface area contributed by atoms with Crippen LogP contribution in [-0.2, 0) is 11.2 Å². The second-order valence-electron chi connectivity index (χ2n) is 9.91. The molecular weight excluding hydrogens is 492 g/mol. The van der Waals surface area contributed by atoms with E-state index in [4.69, 9.17) is 5.41 Å². The standard InChI is InChI=1S/C27H36N4O2.BrH/c1-5-11-20-17-31(25(28)22(20)16-19-12-7-6-8-13-19)18-24(32)29-23-15-10-9-14-21(23)26(33)30-27(2,3)4;/h6-10,12-15,20,22,28H,5,11,16-18H2,1-4H3,(H,29,32)(H,30,33);1H. The first-order chi connectivity index (χ1) is 15.7. The second kappa shape index (κ2) is 12.2. The maximum absolute atomic E-state index is 12.9. The molecule has 3 rings (SSSR count). The van der Waals surface area contributed by atoms with Crippen molar-refractivity contribution in [1.82, 2.24) is 10.2 Å². The van der Waals surface area contributed by atoms with E-state index in [0.29, 0.717) is 29.5 Å². The molecule has 0 saturated carbocycles. The van der Waals surface area contributed by atoms with Gasteiger partial charge in [-0.15, -0.1) is 17.0 Å². The Morgan fingerprint density at radius 2 is 1.71 bits per heavy atom. The Morgan fingerprint density at radius 3 is 2.35 bits per heavy atom. The third-order valence-electron chi connectivity index (χ3n) is 5.94. The number of carbonyl (C=O) groups excluding carboxylic acids is 2. The van der Waals surface area contributed by atoms with Crippen LogP contribution in [0.5, 0.6) is 0 Å². The zero-order valence-electron chi connectivity index (χ0n) is 20.6. The predicted molar refractivity (Wildman–Crippen MR) is 144 cm³/mol. The molecule has 1 aliphatic heterocycles. The van der Waals surface area contributed by atoms with Crippen molar-refractivity contribution in [3.05, 3.63) is 65.7 Å². The lowest BCUT2D eigenvalue weighted by molar-refractivity contribution is -0.116. The molecule has 2 atom stereocenters. The third kappa shape index (κ3) is 7.42. The normalized spacial score (nSPS) is 17.8. The molecule has 184 valence electrons. The maximum atomic E-state index is 12.9. The van der Waals surface area contributed by atoms with Gasteiger partial charge in [-0.05, 0) is 57.2 Å². The van der Waals surface area contributed by atoms with Crippen LogP contribution in [-0.4, -0.2) is 41.2 Å². The smallest absolute Gasteiger partial charge is 0.253 e. The van der Waals surface area contributed by atoms with Crippen LogP contribution >= 0.6 is 17.0 Å². The lowest BCUT2D eigenvalue weighted by atomic mass is 9.86. The number of carbonyl (C=O) groups is 2. The van der Waals surface area contributed by atoms with Crippen LogP contribution in [0.3, 0.4) is 0 Å². The fraction of sp³-hybridized carbons (Fsp3) is 0.444. The van der Waals surface area contributed by atoms with Crippen LogP contribution in [0, 0.1) is 17.2 Å². The summed E-state index contributed by atoms with van der Waals surface area (Å²) in [6.45, 7) is 8.75. The van der Waals surface area contributed by atoms with Crippen LogP contribution in [0.25, 0.3) is 0 Å². The van der Waals surface area contributed by atoms with Crippen LogP contribution in [0.15, 0.2) is 54.6 Å². The number of anilines is 1. The van der Waals surface area contributed by atoms with Crippen molar-refractivity contribution in [2.75, 3.05) is 18.4 Å². The van der Waals surface area contributed by atoms with E-state index in [1.807, 2.05) is 43.9 Å². The highest BCUT2D eigenvalue weighted by Gasteiger charge is 2.37. The first-order valence-corrected chi connectivity index (χ1v) is 11.8. The van der Waals surface area contributed by atoms with Gasteiger partial charge in [0.1, 0.15) is 5.84 Å². The van der Waals surface area contributed by atoms with Crippen molar-refractivity contribution in [2.45, 2.75) is 52.5 Å². The number of amidine groups is 1. The Kier molecular flexibility index (Phi) is 9.86. The van der Waals surface area contributed by atoms with Gasteiger partial charge in [-0.1, -0.05) is 55.8 Å². The van der Waals surface area contributed by atoms with E-state index >= 15 is 0 Å². The van der Waals surface area contributed by atoms with Gasteiger partial charge in [0.2, 0.25) is 5.91 Å². The summed E-state index contributed by atoms with van der Waals surface area (Å²) >= 11 is 0. The minimum Gasteiger partial charge on any atom is -0.351 e. The number of rotatable bonds is 8. The van der Waals surface area contributed by atoms with Crippen molar-refractivity contribution < 1.29 is 9.59 Å². The Bertz CT molecular complexity index is 988. The molecule has 1 saturated heterocycles. The first kappa shape index (κ1) is 27.6. The van der Waals surface area contributed by atoms with Gasteiger partial charge in [0.05, 0.1) is 17.8 Å². The Morgan fingerprint density at radius 1 is 1.06 bits per heavy atom. The average molecular weight is 530 g/mol. The molecule has 0 spiro atoms. The molecule has 1 fully saturated rings. The van der Waals surface area contributed by atoms with E-state index in [1.165, 1.54) is 5.56 Å². The van der Waals surface area contributed by atoms with Crippen molar-refractivity contribution in [2.24, 2.45) is 11.8 Å². The molecule has 2 unspecified atom stereocenters. The molecule has 0 aliphatic carbocycles. The van der Waals surface area contributed by atoms with E-state index in [2.05, 4.69) is 29.7 Å². The van der Waals surface area contributed by atoms with E-state index in [9.17, 15) is 9.59 Å². The number of amides is 2. The average Bonchev–Trinajstić information content (AvgIpc) is 3.02. The molecule has 3 N–H and O–H groups in total. The van der Waals surface area contributed by atoms with Gasteiger partial charge in [0.15, 0.2) is 0 Å². The van der Waals surface area contributed by atoms with E-state index in [-0.39, 0.29) is 46.8 Å². The molecule has 0 bridgehead atoms. The highest BCUT2D eigenvalue weighted by molar-refractivity contribution is 8.93. The molecular formula is C27H37BrN4O2. The largest absolute Gasteiger partial charge is 0.351 e. The zero-order valence-corrected chi connectivity index (χ0v) is 22.3. The monoisotopic (exact) mass is 528 g/mol. The highest BCUT2D eigenvalue weighted by atomic mass is 79.9. The second-order valence-corrected chi connectivity index (χ2v) is 9.91. The number of halogens is 1. The Hall–Kier alpha value is -2.67. The van der Waals surface area contributed by atoms with Crippen LogP contribution in [0.2, 0.25) is 0 Å². The summed E-state index contributed by atoms with van der Waals surface area (Å²) in [7, 11) is 0. The van der Waals surface area contributed by atoms with Crippen LogP contribution in [0.1, 0.15) is 56.5 Å². The lowest BCUT2D eigenvalue weighted by Crippen LogP contribution is -2.41. The molecule has 2 amide bonds. The minimum absolute atomic E-state index is 0. The molecule has 0 aromatic heterocycles. The zero-order chi connectivity index (χ0) is 24.0. The topological polar surface area (TPSA) is 85.3 Å². The summed E-state index contributed by atoms with van der Waals surface area (Å²) in [6.07, 6.45) is 2.91. The van der Waals surface area contributed by atoms with E-state index in [1.54, 1.807) is 24.3 Å². The number of nitrogens with one attached hydrogen (secondary N) is 3. The maximum Gasteiger partial charge on any atom is 0.253 e. The van der Waals surface area contributed by atoms with Gasteiger partial charge < -0.3 is 15.5 Å². The van der Waals surface area contributed by atoms with Crippen molar-refractivity contribution in [3.63, 3.8) is 0 Å². The predicted octanol–water partition coefficient (Wildman–Crippen LogP) is 5.30. The van der Waals surface area contributed by atoms with Gasteiger partial charge in [-0.25, -0.2) is 0 Å². The summed E-state index contributed by atoms with van der Waals surface area (Å²) in [5, 5.41) is 14.6. The molecule has 1 heterocycles. The van der Waals surface area contributed by atoms with Gasteiger partial charge >= 0.3 is 0 Å². The number of hydrogen-bond donors (Lipinski definition) is 3. The summed E-state index contributed by atoms with van der Waals surface area (Å²) in [6, 6.07) is 17.3. The number of benzene rings is 2. The summed E-state index contributed by atoms with van der Waals surface area (Å²) in [5.41, 5.74) is 1.77. The van der Waals surface area contributed by atoms with Gasteiger partial charge in [0, 0.05) is 18.0 Å². The lowest BCUT2D eigenvalue weighted by Gasteiger charge is -2.22. The van der Waals surface area contributed by atoms with Gasteiger partial charge in [-0.2, -0.15) is 0 Å². The molecule has 34 heavy (non-hydrogen) atoms. The number of nitrogens with zero attached hydrogens (tertiary/aromatic N) is 1. The summed E-state index contributed by atoms with van der Waals surface area (Å²) in [5.74, 6) is 0.571. The van der Waals surface area contributed by atoms with Gasteiger partial charge in [0.25, 0.3) is 5.91 Å². The SMILES string of the molecule is Br.CCCC1CN(CC(=O)Nc2ccccc2C(=O)NC(C)(C)C)C(=N)C1Cc1ccccc1. The molecule has 0 radical (unpaired) electrons. The third-order valence-corrected chi connectivity index (χ3v) is 5.94. The van der Waals surface area contributed by atoms with Crippen molar-refractivity contribution in [1.29, 1.82) is 5.41 Å². The quantitative estimate of drug-likeness (QED) is 0.434. The molecule has 2 aromatic rings. The van der Waals surface area contributed by atoms with Crippen molar-refractivity contribution in [3.8, 4) is 0 Å². The van der Waals surface area contributed by atoms with E-state index < -0.39 is 0 Å². The molecule has 6 nitrogen and oxygen atoms in total. The van der Waals surface area contributed by atoms with E-state index in [0.717, 1.165) is 19.3 Å². The summed E-state index contributed by atoms with van der Waals surface area (Å²) < 4.78 is 0. The number of hydrogen-bond acceptors (Lipinski definition) is 3. The fourth-order valence-electron chi connectivity index (χ4n) is 4.47. The Balaban J connectivity index is 0.00000408. The van der Waals surface area contributed by atoms with Crippen LogP contribution in [0.4, 0.5) is 5.69 Å². The van der Waals surface area contributed by atoms with Crippen LogP contribution < -0.4 is 10.6 Å². The molecule has 2 aromatic carbocycles. The fourth-order valence-corrected chi connectivity index (χ4v) is 4.47. The molecule has 1 aliphatic rings. The van der Waals surface area contributed by atoms with Gasteiger partial charge in [-0.3, -0.25) is 15.0 Å². The Labute approximate surface area is 213 Å². The first-order valence-electron chi connectivity index (χ1n) is 11.8. The van der Waals surface area contributed by atoms with Crippen molar-refractivity contribution >= 4 is 40.3 Å². The molecule has 7 heteroatoms. The number of likely N-dealkylation sites (tertiary alicyclic amines) is 1. The minimum atomic E-state index is -0.374.